The van der Waals surface area contributed by atoms with Gasteiger partial charge in [-0.2, -0.15) is 0 Å². The number of hydrogen-bond donors (Lipinski definition) is 1. The summed E-state index contributed by atoms with van der Waals surface area (Å²) in [4.78, 5) is 17.8. The highest BCUT2D eigenvalue weighted by Crippen LogP contribution is 2.35. The molecule has 0 atom stereocenters. The summed E-state index contributed by atoms with van der Waals surface area (Å²) < 4.78 is 11.3. The number of nitrogens with one attached hydrogen (secondary N) is 1. The number of carbonyl (C=O) groups is 1. The van der Waals surface area contributed by atoms with Gasteiger partial charge in [-0.05, 0) is 64.0 Å². The summed E-state index contributed by atoms with van der Waals surface area (Å²) in [6.07, 6.45) is 3.63. The van der Waals surface area contributed by atoms with Crippen molar-refractivity contribution in [1.82, 2.24) is 4.98 Å². The second kappa shape index (κ2) is 9.61. The first-order chi connectivity index (χ1) is 13.6. The smallest absolute Gasteiger partial charge is 0.255 e. The van der Waals surface area contributed by atoms with Crippen molar-refractivity contribution >= 4 is 39.3 Å². The Kier molecular flexibility index (Phi) is 6.95. The quantitative estimate of drug-likeness (QED) is 0.479. The molecule has 0 radical (unpaired) electrons. The van der Waals surface area contributed by atoms with Gasteiger partial charge >= 0.3 is 0 Å². The first-order valence-electron chi connectivity index (χ1n) is 8.45. The molecule has 0 aliphatic carbocycles. The molecule has 0 aliphatic heterocycles. The summed E-state index contributed by atoms with van der Waals surface area (Å²) in [5, 5.41) is 2.90. The molecule has 3 aromatic rings. The van der Waals surface area contributed by atoms with Crippen molar-refractivity contribution in [3.63, 3.8) is 0 Å². The first kappa shape index (κ1) is 20.2. The number of thioether (sulfide) groups is 1. The topological polar surface area (TPSA) is 60.5 Å². The molecule has 144 valence electrons. The highest BCUT2D eigenvalue weighted by atomic mass is 79.9. The van der Waals surface area contributed by atoms with Crippen molar-refractivity contribution in [2.24, 2.45) is 0 Å². The van der Waals surface area contributed by atoms with E-state index in [1.165, 1.54) is 5.56 Å². The largest absolute Gasteiger partial charge is 0.495 e. The maximum absolute atomic E-state index is 12.6. The normalized spacial score (nSPS) is 10.4. The lowest BCUT2D eigenvalue weighted by molar-refractivity contribution is 0.102. The SMILES string of the molecule is COc1cc(C(=O)Nc2ccc(SCc3cccnc3)cc2)cc(OC)c1Br. The van der Waals surface area contributed by atoms with Crippen LogP contribution in [0.3, 0.4) is 0 Å². The lowest BCUT2D eigenvalue weighted by Gasteiger charge is -2.12. The van der Waals surface area contributed by atoms with Crippen LogP contribution in [0.2, 0.25) is 0 Å². The number of nitrogens with zero attached hydrogens (tertiary/aromatic N) is 1. The van der Waals surface area contributed by atoms with Crippen molar-refractivity contribution in [2.75, 3.05) is 19.5 Å². The Balaban J connectivity index is 1.66. The minimum Gasteiger partial charge on any atom is -0.495 e. The van der Waals surface area contributed by atoms with Crippen LogP contribution >= 0.6 is 27.7 Å². The van der Waals surface area contributed by atoms with Gasteiger partial charge in [-0.15, -0.1) is 11.8 Å². The van der Waals surface area contributed by atoms with E-state index in [1.807, 2.05) is 36.5 Å². The fraction of sp³-hybridized carbons (Fsp3) is 0.143. The Labute approximate surface area is 176 Å². The highest BCUT2D eigenvalue weighted by Gasteiger charge is 2.15. The number of rotatable bonds is 7. The molecule has 1 heterocycles. The number of benzene rings is 2. The Morgan fingerprint density at radius 3 is 2.36 bits per heavy atom. The van der Waals surface area contributed by atoms with Gasteiger partial charge in [0.2, 0.25) is 0 Å². The molecule has 0 spiro atoms. The number of anilines is 1. The number of aromatic nitrogens is 1. The van der Waals surface area contributed by atoms with E-state index in [9.17, 15) is 4.79 Å². The van der Waals surface area contributed by atoms with Crippen LogP contribution in [0.4, 0.5) is 5.69 Å². The number of hydrogen-bond acceptors (Lipinski definition) is 5. The zero-order valence-corrected chi connectivity index (χ0v) is 17.8. The minimum atomic E-state index is -0.236. The molecule has 1 amide bonds. The zero-order valence-electron chi connectivity index (χ0n) is 15.4. The number of pyridine rings is 1. The van der Waals surface area contributed by atoms with Crippen LogP contribution < -0.4 is 14.8 Å². The van der Waals surface area contributed by atoms with E-state index in [4.69, 9.17) is 9.47 Å². The molecule has 7 heteroatoms. The molecule has 3 rings (SSSR count). The fourth-order valence-electron chi connectivity index (χ4n) is 2.49. The number of methoxy groups -OCH3 is 2. The number of halogens is 1. The van der Waals surface area contributed by atoms with Gasteiger partial charge in [0.1, 0.15) is 16.0 Å². The van der Waals surface area contributed by atoms with Gasteiger partial charge in [0.25, 0.3) is 5.91 Å². The molecule has 28 heavy (non-hydrogen) atoms. The molecule has 1 N–H and O–H groups in total. The highest BCUT2D eigenvalue weighted by molar-refractivity contribution is 9.10. The summed E-state index contributed by atoms with van der Waals surface area (Å²) in [5.74, 6) is 1.68. The molecule has 0 bridgehead atoms. The van der Waals surface area contributed by atoms with Crippen LogP contribution in [-0.2, 0) is 5.75 Å². The van der Waals surface area contributed by atoms with Crippen LogP contribution in [0, 0.1) is 0 Å². The molecule has 2 aromatic carbocycles. The third-order valence-corrected chi connectivity index (χ3v) is 5.81. The van der Waals surface area contributed by atoms with Crippen molar-refractivity contribution in [3.8, 4) is 11.5 Å². The number of amides is 1. The standard InChI is InChI=1S/C21H19BrN2O3S/c1-26-18-10-15(11-19(27-2)20(18)22)21(25)24-16-5-7-17(8-6-16)28-13-14-4-3-9-23-12-14/h3-12H,13H2,1-2H3,(H,24,25). The molecule has 1 aromatic heterocycles. The van der Waals surface area contributed by atoms with Crippen LogP contribution in [0.1, 0.15) is 15.9 Å². The summed E-state index contributed by atoms with van der Waals surface area (Å²) >= 11 is 5.12. The van der Waals surface area contributed by atoms with E-state index in [1.54, 1.807) is 44.3 Å². The molecule has 0 unspecified atom stereocenters. The lowest BCUT2D eigenvalue weighted by atomic mass is 10.1. The average molecular weight is 459 g/mol. The van der Waals surface area contributed by atoms with Gasteiger partial charge in [-0.25, -0.2) is 0 Å². The second-order valence-corrected chi connectivity index (χ2v) is 7.66. The van der Waals surface area contributed by atoms with Crippen LogP contribution in [0.25, 0.3) is 0 Å². The third kappa shape index (κ3) is 5.05. The van der Waals surface area contributed by atoms with Crippen LogP contribution in [0.15, 0.2) is 70.3 Å². The van der Waals surface area contributed by atoms with E-state index in [0.29, 0.717) is 21.5 Å². The van der Waals surface area contributed by atoms with Gasteiger partial charge in [-0.1, -0.05) is 6.07 Å². The molecule has 0 saturated carbocycles. The summed E-state index contributed by atoms with van der Waals surface area (Å²) in [6, 6.07) is 15.1. The summed E-state index contributed by atoms with van der Waals surface area (Å²) in [7, 11) is 3.09. The maximum Gasteiger partial charge on any atom is 0.255 e. The van der Waals surface area contributed by atoms with Crippen LogP contribution in [0.5, 0.6) is 11.5 Å². The van der Waals surface area contributed by atoms with Crippen LogP contribution in [-0.4, -0.2) is 25.1 Å². The van der Waals surface area contributed by atoms with Crippen molar-refractivity contribution in [3.05, 3.63) is 76.5 Å². The van der Waals surface area contributed by atoms with E-state index in [2.05, 4.69) is 32.3 Å². The predicted molar refractivity (Wildman–Crippen MR) is 115 cm³/mol. The number of ether oxygens (including phenoxy) is 2. The van der Waals surface area contributed by atoms with E-state index in [0.717, 1.165) is 16.3 Å². The average Bonchev–Trinajstić information content (AvgIpc) is 2.74. The third-order valence-electron chi connectivity index (χ3n) is 3.95. The first-order valence-corrected chi connectivity index (χ1v) is 10.2. The van der Waals surface area contributed by atoms with Gasteiger partial charge < -0.3 is 14.8 Å². The Morgan fingerprint density at radius 2 is 1.79 bits per heavy atom. The molecular formula is C21H19BrN2O3S. The van der Waals surface area contributed by atoms with E-state index in [-0.39, 0.29) is 5.91 Å². The van der Waals surface area contributed by atoms with Crippen molar-refractivity contribution in [1.29, 1.82) is 0 Å². The minimum absolute atomic E-state index is 0.236. The molecule has 0 aliphatic rings. The Bertz CT molecular complexity index is 925. The van der Waals surface area contributed by atoms with Gasteiger partial charge in [0, 0.05) is 34.3 Å². The summed E-state index contributed by atoms with van der Waals surface area (Å²) in [5.41, 5.74) is 2.34. The molecule has 0 fully saturated rings. The van der Waals surface area contributed by atoms with E-state index >= 15 is 0 Å². The Morgan fingerprint density at radius 1 is 1.11 bits per heavy atom. The van der Waals surface area contributed by atoms with Gasteiger partial charge in [-0.3, -0.25) is 9.78 Å². The van der Waals surface area contributed by atoms with E-state index < -0.39 is 0 Å². The van der Waals surface area contributed by atoms with Gasteiger partial charge in [0.15, 0.2) is 0 Å². The fourth-order valence-corrected chi connectivity index (χ4v) is 3.87. The molecule has 5 nitrogen and oxygen atoms in total. The predicted octanol–water partition coefficient (Wildman–Crippen LogP) is 5.41. The van der Waals surface area contributed by atoms with Gasteiger partial charge in [0.05, 0.1) is 14.2 Å². The van der Waals surface area contributed by atoms with Crippen molar-refractivity contribution in [2.45, 2.75) is 10.6 Å². The summed E-state index contributed by atoms with van der Waals surface area (Å²) in [6.45, 7) is 0. The second-order valence-electron chi connectivity index (χ2n) is 5.82. The Hall–Kier alpha value is -2.51. The lowest BCUT2D eigenvalue weighted by Crippen LogP contribution is -2.12. The maximum atomic E-state index is 12.6. The monoisotopic (exact) mass is 458 g/mol. The molecular weight excluding hydrogens is 440 g/mol. The number of carbonyl (C=O) groups excluding carboxylic acids is 1. The van der Waals surface area contributed by atoms with Crippen molar-refractivity contribution < 1.29 is 14.3 Å². The molecule has 0 saturated heterocycles. The zero-order chi connectivity index (χ0) is 19.9.